The second-order valence-corrected chi connectivity index (χ2v) is 10.7. The second kappa shape index (κ2) is 17.3. The maximum absolute atomic E-state index is 13.4. The number of hydrogen-bond acceptors (Lipinski definition) is 10. The average Bonchev–Trinajstić information content (AvgIpc) is 3.04. The van der Waals surface area contributed by atoms with Gasteiger partial charge in [0.1, 0.15) is 30.1 Å². The van der Waals surface area contributed by atoms with Crippen molar-refractivity contribution in [1.29, 1.82) is 0 Å². The van der Waals surface area contributed by atoms with Crippen molar-refractivity contribution in [3.05, 3.63) is 48.3 Å². The molecule has 4 atom stereocenters. The van der Waals surface area contributed by atoms with E-state index in [2.05, 4.69) is 17.2 Å². The Morgan fingerprint density at radius 3 is 2.58 bits per heavy atom. The molecule has 1 aromatic carbocycles. The highest BCUT2D eigenvalue weighted by molar-refractivity contribution is 5.98. The van der Waals surface area contributed by atoms with Crippen molar-refractivity contribution in [1.82, 2.24) is 10.3 Å². The highest BCUT2D eigenvalue weighted by Gasteiger charge is 2.36. The van der Waals surface area contributed by atoms with Crippen molar-refractivity contribution in [2.24, 2.45) is 5.92 Å². The number of rotatable bonds is 14. The van der Waals surface area contributed by atoms with Crippen molar-refractivity contribution < 1.29 is 42.8 Å². The van der Waals surface area contributed by atoms with E-state index in [9.17, 15) is 14.4 Å². The molecule has 1 amide bonds. The SMILES string of the molecule is CCCCCOC1C(C)OC(=O)C(NC(=O)c2nccc(OC)c2OCOC(=O)C(C)C)CCCC1Oc1ccccc1. The van der Waals surface area contributed by atoms with Crippen LogP contribution >= 0.6 is 0 Å². The first-order chi connectivity index (χ1) is 20.7. The van der Waals surface area contributed by atoms with Gasteiger partial charge >= 0.3 is 11.9 Å². The Kier molecular flexibility index (Phi) is 13.5. The quantitative estimate of drug-likeness (QED) is 0.182. The molecule has 0 spiro atoms. The maximum Gasteiger partial charge on any atom is 0.329 e. The summed E-state index contributed by atoms with van der Waals surface area (Å²) in [6, 6.07) is 10.0. The van der Waals surface area contributed by atoms with E-state index in [1.54, 1.807) is 20.8 Å². The fourth-order valence-electron chi connectivity index (χ4n) is 4.62. The molecule has 1 aromatic heterocycles. The van der Waals surface area contributed by atoms with E-state index in [1.165, 1.54) is 19.4 Å². The zero-order valence-electron chi connectivity index (χ0n) is 25.7. The largest absolute Gasteiger partial charge is 0.493 e. The zero-order chi connectivity index (χ0) is 31.2. The van der Waals surface area contributed by atoms with Crippen LogP contribution < -0.4 is 19.5 Å². The van der Waals surface area contributed by atoms with E-state index in [0.717, 1.165) is 19.3 Å². The average molecular weight is 601 g/mol. The number of para-hydroxylation sites is 1. The van der Waals surface area contributed by atoms with Crippen molar-refractivity contribution in [3.8, 4) is 17.2 Å². The first-order valence-corrected chi connectivity index (χ1v) is 14.9. The monoisotopic (exact) mass is 600 g/mol. The molecule has 0 radical (unpaired) electrons. The van der Waals surface area contributed by atoms with E-state index in [-0.39, 0.29) is 29.2 Å². The third kappa shape index (κ3) is 10.1. The smallest absolute Gasteiger partial charge is 0.329 e. The van der Waals surface area contributed by atoms with Crippen molar-refractivity contribution in [2.45, 2.75) is 90.6 Å². The van der Waals surface area contributed by atoms with Crippen LogP contribution in [0.1, 0.15) is 76.7 Å². The van der Waals surface area contributed by atoms with Gasteiger partial charge in [-0.1, -0.05) is 51.8 Å². The Balaban J connectivity index is 1.76. The molecule has 4 unspecified atom stereocenters. The molecule has 236 valence electrons. The van der Waals surface area contributed by atoms with Gasteiger partial charge in [-0.3, -0.25) is 9.59 Å². The van der Waals surface area contributed by atoms with Crippen molar-refractivity contribution in [2.75, 3.05) is 20.5 Å². The van der Waals surface area contributed by atoms with Crippen LogP contribution in [0.5, 0.6) is 17.2 Å². The molecule has 11 nitrogen and oxygen atoms in total. The van der Waals surface area contributed by atoms with Gasteiger partial charge in [0, 0.05) is 18.9 Å². The number of amides is 1. The van der Waals surface area contributed by atoms with Gasteiger partial charge < -0.3 is 33.7 Å². The van der Waals surface area contributed by atoms with Crippen molar-refractivity contribution >= 4 is 17.8 Å². The summed E-state index contributed by atoms with van der Waals surface area (Å²) in [5, 5.41) is 2.75. The molecule has 2 heterocycles. The third-order valence-corrected chi connectivity index (χ3v) is 6.97. The molecular formula is C32H44N2O9. The summed E-state index contributed by atoms with van der Waals surface area (Å²) >= 11 is 0. The van der Waals surface area contributed by atoms with E-state index in [0.29, 0.717) is 31.6 Å². The van der Waals surface area contributed by atoms with Gasteiger partial charge in [-0.25, -0.2) is 9.78 Å². The lowest BCUT2D eigenvalue weighted by Gasteiger charge is -2.31. The second-order valence-electron chi connectivity index (χ2n) is 10.7. The van der Waals surface area contributed by atoms with Gasteiger partial charge in [0.2, 0.25) is 6.79 Å². The lowest BCUT2D eigenvalue weighted by molar-refractivity contribution is -0.163. The number of pyridine rings is 1. The minimum Gasteiger partial charge on any atom is -0.493 e. The molecule has 1 saturated heterocycles. The Bertz CT molecular complexity index is 1170. The number of aromatic nitrogens is 1. The number of hydrogen-bond donors (Lipinski definition) is 1. The van der Waals surface area contributed by atoms with Gasteiger partial charge in [0.15, 0.2) is 17.2 Å². The minimum absolute atomic E-state index is 0.0132. The molecule has 0 bridgehead atoms. The summed E-state index contributed by atoms with van der Waals surface area (Å²) in [6.07, 6.45) is 4.30. The van der Waals surface area contributed by atoms with Crippen molar-refractivity contribution in [3.63, 3.8) is 0 Å². The number of methoxy groups -OCH3 is 1. The maximum atomic E-state index is 13.4. The molecule has 1 N–H and O–H groups in total. The van der Waals surface area contributed by atoms with Gasteiger partial charge in [-0.05, 0) is 44.7 Å². The summed E-state index contributed by atoms with van der Waals surface area (Å²) in [6.45, 7) is 7.37. The standard InChI is InChI=1S/C32H44N2O9/c1-6-7-11-19-39-28-22(4)42-32(37)24(15-12-16-26(28)43-23-13-9-8-10-14-23)34-30(35)27-29(25(38-5)17-18-33-27)40-20-41-31(36)21(2)3/h8-10,13-14,17-18,21-22,24,26,28H,6-7,11-12,15-16,19-20H2,1-5H3,(H,34,35). The molecule has 0 saturated carbocycles. The number of cyclic esters (lactones) is 1. The van der Waals surface area contributed by atoms with E-state index < -0.39 is 42.9 Å². The summed E-state index contributed by atoms with van der Waals surface area (Å²) in [5.41, 5.74) is -0.122. The number of carbonyl (C=O) groups excluding carboxylic acids is 3. The molecule has 2 aromatic rings. The van der Waals surface area contributed by atoms with Gasteiger partial charge in [0.25, 0.3) is 5.91 Å². The molecule has 1 fully saturated rings. The minimum atomic E-state index is -0.953. The molecule has 1 aliphatic rings. The molecule has 1 aliphatic heterocycles. The highest BCUT2D eigenvalue weighted by Crippen LogP contribution is 2.30. The molecule has 43 heavy (non-hydrogen) atoms. The number of carbonyl (C=O) groups is 3. The molecule has 3 rings (SSSR count). The van der Waals surface area contributed by atoms with Crippen LogP contribution in [0.25, 0.3) is 0 Å². The molecular weight excluding hydrogens is 556 g/mol. The third-order valence-electron chi connectivity index (χ3n) is 6.97. The Labute approximate surface area is 253 Å². The summed E-state index contributed by atoms with van der Waals surface area (Å²) in [5.74, 6) is -1.15. The fourth-order valence-corrected chi connectivity index (χ4v) is 4.62. The van der Waals surface area contributed by atoms with Gasteiger partial charge in [-0.2, -0.15) is 0 Å². The highest BCUT2D eigenvalue weighted by atomic mass is 16.7. The van der Waals surface area contributed by atoms with E-state index >= 15 is 0 Å². The van der Waals surface area contributed by atoms with Gasteiger partial charge in [-0.15, -0.1) is 0 Å². The first-order valence-electron chi connectivity index (χ1n) is 14.9. The predicted octanol–water partition coefficient (Wildman–Crippen LogP) is 4.86. The Morgan fingerprint density at radius 1 is 1.12 bits per heavy atom. The van der Waals surface area contributed by atoms with Crippen LogP contribution in [0.2, 0.25) is 0 Å². The van der Waals surface area contributed by atoms with Crippen LogP contribution in [-0.2, 0) is 23.8 Å². The lowest BCUT2D eigenvalue weighted by Crippen LogP contribution is -2.46. The normalized spacial score (nSPS) is 20.7. The predicted molar refractivity (Wildman–Crippen MR) is 158 cm³/mol. The topological polar surface area (TPSA) is 132 Å². The molecule has 11 heteroatoms. The van der Waals surface area contributed by atoms with Crippen LogP contribution in [0.4, 0.5) is 0 Å². The lowest BCUT2D eigenvalue weighted by atomic mass is 10.0. The van der Waals surface area contributed by atoms with Crippen LogP contribution in [0, 0.1) is 5.92 Å². The number of unbranched alkanes of at least 4 members (excludes halogenated alkanes) is 2. The van der Waals surface area contributed by atoms with Crippen LogP contribution in [0.3, 0.4) is 0 Å². The summed E-state index contributed by atoms with van der Waals surface area (Å²) < 4.78 is 34.5. The Morgan fingerprint density at radius 2 is 1.88 bits per heavy atom. The summed E-state index contributed by atoms with van der Waals surface area (Å²) in [7, 11) is 1.41. The molecule has 0 aliphatic carbocycles. The number of nitrogens with zero attached hydrogens (tertiary/aromatic N) is 1. The summed E-state index contributed by atoms with van der Waals surface area (Å²) in [4.78, 5) is 42.8. The van der Waals surface area contributed by atoms with E-state index in [4.69, 9.17) is 28.4 Å². The van der Waals surface area contributed by atoms with Gasteiger partial charge in [0.05, 0.1) is 13.0 Å². The fraction of sp³-hybridized carbons (Fsp3) is 0.562. The van der Waals surface area contributed by atoms with Crippen LogP contribution in [0.15, 0.2) is 42.6 Å². The van der Waals surface area contributed by atoms with Crippen LogP contribution in [-0.4, -0.2) is 67.7 Å². The number of nitrogens with one attached hydrogen (secondary N) is 1. The zero-order valence-corrected chi connectivity index (χ0v) is 25.7. The Hall–Kier alpha value is -3.86. The number of esters is 2. The number of benzene rings is 1. The van der Waals surface area contributed by atoms with E-state index in [1.807, 2.05) is 30.3 Å². The number of ether oxygens (including phenoxy) is 6. The first kappa shape index (κ1) is 33.6.